The van der Waals surface area contributed by atoms with Gasteiger partial charge in [-0.2, -0.15) is 23.3 Å². The van der Waals surface area contributed by atoms with Crippen LogP contribution in [0.4, 0.5) is 30.8 Å². The Kier molecular flexibility index (Phi) is 5.63. The molecule has 0 aromatic carbocycles. The van der Waals surface area contributed by atoms with E-state index in [0.29, 0.717) is 18.5 Å². The van der Waals surface area contributed by atoms with Crippen molar-refractivity contribution in [1.29, 1.82) is 0 Å². The third-order valence-electron chi connectivity index (χ3n) is 4.52. The van der Waals surface area contributed by atoms with Gasteiger partial charge in [0, 0.05) is 25.4 Å². The van der Waals surface area contributed by atoms with Crippen molar-refractivity contribution in [1.82, 2.24) is 19.7 Å². The lowest BCUT2D eigenvalue weighted by atomic mass is 9.49. The van der Waals surface area contributed by atoms with Gasteiger partial charge in [0.15, 0.2) is 0 Å². The van der Waals surface area contributed by atoms with Crippen LogP contribution in [0.3, 0.4) is 0 Å². The molecule has 13 heteroatoms. The van der Waals surface area contributed by atoms with Crippen LogP contribution < -0.4 is 10.6 Å². The predicted molar refractivity (Wildman–Crippen MR) is 104 cm³/mol. The van der Waals surface area contributed by atoms with Crippen molar-refractivity contribution in [3.63, 3.8) is 0 Å². The molecule has 7 nitrogen and oxygen atoms in total. The van der Waals surface area contributed by atoms with Gasteiger partial charge < -0.3 is 15.4 Å². The molecule has 1 aliphatic rings. The van der Waals surface area contributed by atoms with Crippen molar-refractivity contribution in [2.75, 3.05) is 23.8 Å². The molecule has 2 N–H and O–H groups in total. The average Bonchev–Trinajstić information content (AvgIpc) is 3.21. The first-order valence-corrected chi connectivity index (χ1v) is 9.01. The summed E-state index contributed by atoms with van der Waals surface area (Å²) in [4.78, 5) is 7.68. The molecule has 0 amide bonds. The van der Waals surface area contributed by atoms with Crippen LogP contribution in [-0.2, 0) is 21.8 Å². The maximum absolute atomic E-state index is 13.2. The molecule has 0 unspecified atom stereocenters. The van der Waals surface area contributed by atoms with Crippen LogP contribution in [0.25, 0.3) is 0 Å². The fourth-order valence-corrected chi connectivity index (χ4v) is 3.07. The van der Waals surface area contributed by atoms with Crippen LogP contribution in [0.1, 0.15) is 37.9 Å². The number of anilines is 3. The lowest BCUT2D eigenvalue weighted by Gasteiger charge is -2.25. The zero-order chi connectivity index (χ0) is 21.4. The van der Waals surface area contributed by atoms with Crippen LogP contribution in [0.15, 0.2) is 12.3 Å². The van der Waals surface area contributed by atoms with Gasteiger partial charge in [-0.25, -0.2) is 4.98 Å². The van der Waals surface area contributed by atoms with E-state index in [1.54, 1.807) is 13.0 Å². The Morgan fingerprint density at radius 2 is 2.03 bits per heavy atom. The molecular weight excluding hydrogens is 382 g/mol. The van der Waals surface area contributed by atoms with Crippen molar-refractivity contribution >= 4 is 41.1 Å². The minimum absolute atomic E-state index is 0.108. The fraction of sp³-hybridized carbons (Fsp3) is 0.562. The van der Waals surface area contributed by atoms with E-state index >= 15 is 0 Å². The molecule has 0 saturated carbocycles. The van der Waals surface area contributed by atoms with Gasteiger partial charge in [-0.1, -0.05) is 0 Å². The van der Waals surface area contributed by atoms with Crippen molar-refractivity contribution in [3.05, 3.63) is 23.5 Å². The normalized spacial score (nSPS) is 20.0. The van der Waals surface area contributed by atoms with E-state index in [0.717, 1.165) is 17.5 Å². The molecule has 2 aromatic heterocycles. The number of hydrogen-bond acceptors (Lipinski definition) is 6. The predicted octanol–water partition coefficient (Wildman–Crippen LogP) is 1.97. The number of nitrogens with one attached hydrogen (secondary N) is 2. The molecule has 0 bridgehead atoms. The van der Waals surface area contributed by atoms with Crippen molar-refractivity contribution < 1.29 is 17.9 Å². The molecular formula is C16H18B3F3N6O. The van der Waals surface area contributed by atoms with Gasteiger partial charge in [-0.3, -0.25) is 4.68 Å². The molecule has 0 spiro atoms. The lowest BCUT2D eigenvalue weighted by molar-refractivity contribution is -0.137. The van der Waals surface area contributed by atoms with Gasteiger partial charge in [0.2, 0.25) is 5.95 Å². The van der Waals surface area contributed by atoms with Crippen LogP contribution in [0.2, 0.25) is 0 Å². The first-order valence-electron chi connectivity index (χ1n) is 9.01. The largest absolute Gasteiger partial charge is 0.421 e. The summed E-state index contributed by atoms with van der Waals surface area (Å²) in [5, 5.41) is 7.86. The molecule has 1 atom stereocenters. The van der Waals surface area contributed by atoms with E-state index in [2.05, 4.69) is 25.7 Å². The van der Waals surface area contributed by atoms with Gasteiger partial charge in [0.1, 0.15) is 22.8 Å². The fourth-order valence-electron chi connectivity index (χ4n) is 3.07. The molecule has 1 aliphatic heterocycles. The highest BCUT2D eigenvalue weighted by atomic mass is 19.4. The molecule has 29 heavy (non-hydrogen) atoms. The highest BCUT2D eigenvalue weighted by Crippen LogP contribution is 2.37. The van der Waals surface area contributed by atoms with Gasteiger partial charge >= 0.3 is 6.18 Å². The van der Waals surface area contributed by atoms with E-state index in [1.807, 2.05) is 6.92 Å². The second-order valence-electron chi connectivity index (χ2n) is 7.01. The number of nitrogens with zero attached hydrogens (tertiary/aromatic N) is 4. The number of halogens is 3. The summed E-state index contributed by atoms with van der Waals surface area (Å²) in [6.45, 7) is 4.36. The second kappa shape index (κ2) is 7.58. The average molecular weight is 400 g/mol. The number of rotatable bonds is 6. The SMILES string of the molecule is [B]C([B])([B])n1nc([C@@]2(C)CCCO2)cc1Nc1ncc(C(F)(F)F)c(NCC)n1. The Morgan fingerprint density at radius 3 is 2.59 bits per heavy atom. The Bertz CT molecular complexity index is 878. The van der Waals surface area contributed by atoms with Gasteiger partial charge in [-0.05, 0) is 31.9 Å². The van der Waals surface area contributed by atoms with Crippen LogP contribution in [0.5, 0.6) is 0 Å². The Labute approximate surface area is 170 Å². The molecule has 1 fully saturated rings. The maximum Gasteiger partial charge on any atom is 0.421 e. The maximum atomic E-state index is 13.2. The highest BCUT2D eigenvalue weighted by Gasteiger charge is 2.37. The van der Waals surface area contributed by atoms with E-state index in [-0.39, 0.29) is 24.1 Å². The zero-order valence-electron chi connectivity index (χ0n) is 16.0. The summed E-state index contributed by atoms with van der Waals surface area (Å²) in [6.07, 6.45) is -2.31. The standard InChI is InChI=1S/C16H18B3F3N6O/c1-3-23-12-9(15(20,21)22)8-24-13(26-12)25-11-7-10(14(2)5-4-6-29-14)27-28(11)16(17,18)19/h7-8H,3-6H2,1-2H3,(H2,23,24,25,26)/t14-/m1/s1. The topological polar surface area (TPSA) is 76.9 Å². The minimum Gasteiger partial charge on any atom is -0.370 e. The summed E-state index contributed by atoms with van der Waals surface area (Å²) >= 11 is 0. The van der Waals surface area contributed by atoms with E-state index < -0.39 is 22.6 Å². The van der Waals surface area contributed by atoms with Gasteiger partial charge in [0.25, 0.3) is 0 Å². The first-order chi connectivity index (χ1) is 13.4. The van der Waals surface area contributed by atoms with E-state index in [4.69, 9.17) is 28.3 Å². The first kappa shape index (κ1) is 21.5. The molecule has 2 aromatic rings. The van der Waals surface area contributed by atoms with Crippen LogP contribution in [0, 0.1) is 0 Å². The third kappa shape index (κ3) is 4.54. The molecule has 0 aliphatic carbocycles. The number of alkyl halides is 3. The molecule has 3 rings (SSSR count). The summed E-state index contributed by atoms with van der Waals surface area (Å²) in [6, 6.07) is 1.61. The number of aromatic nitrogens is 4. The second-order valence-corrected chi connectivity index (χ2v) is 7.01. The quantitative estimate of drug-likeness (QED) is 0.723. The lowest BCUT2D eigenvalue weighted by Crippen LogP contribution is -2.37. The van der Waals surface area contributed by atoms with Crippen molar-refractivity contribution in [2.45, 2.75) is 43.7 Å². The summed E-state index contributed by atoms with van der Waals surface area (Å²) in [5.74, 6) is -0.246. The Morgan fingerprint density at radius 1 is 1.31 bits per heavy atom. The molecule has 1 saturated heterocycles. The highest BCUT2D eigenvalue weighted by molar-refractivity contribution is 6.56. The van der Waals surface area contributed by atoms with E-state index in [9.17, 15) is 13.2 Å². The summed E-state index contributed by atoms with van der Waals surface area (Å²) in [7, 11) is 17.4. The van der Waals surface area contributed by atoms with Crippen molar-refractivity contribution in [3.8, 4) is 0 Å². The summed E-state index contributed by atoms with van der Waals surface area (Å²) in [5.41, 5.74) is -1.10. The number of ether oxygens (including phenoxy) is 1. The van der Waals surface area contributed by atoms with Crippen LogP contribution in [-0.4, -0.2) is 56.4 Å². The Hall–Kier alpha value is -2.17. The monoisotopic (exact) mass is 400 g/mol. The third-order valence-corrected chi connectivity index (χ3v) is 4.52. The zero-order valence-corrected chi connectivity index (χ0v) is 16.0. The summed E-state index contributed by atoms with van der Waals surface area (Å²) < 4.78 is 46.3. The minimum atomic E-state index is -4.60. The van der Waals surface area contributed by atoms with Crippen LogP contribution >= 0.6 is 0 Å². The smallest absolute Gasteiger partial charge is 0.370 e. The Balaban J connectivity index is 1.99. The molecule has 148 valence electrons. The van der Waals surface area contributed by atoms with Gasteiger partial charge in [-0.15, -0.1) is 0 Å². The molecule has 3 heterocycles. The molecule has 6 radical (unpaired) electrons. The van der Waals surface area contributed by atoms with E-state index in [1.165, 1.54) is 0 Å². The number of hydrogen-bond donors (Lipinski definition) is 2. The van der Waals surface area contributed by atoms with Crippen molar-refractivity contribution in [2.24, 2.45) is 0 Å². The van der Waals surface area contributed by atoms with Gasteiger partial charge in [0.05, 0.1) is 29.2 Å².